The molecule has 0 amide bonds. The second kappa shape index (κ2) is 11.8. The van der Waals surface area contributed by atoms with E-state index in [1.807, 2.05) is 0 Å². The van der Waals surface area contributed by atoms with Gasteiger partial charge in [-0.1, -0.05) is 5.11 Å². The molecule has 1 rings (SSSR count). The molecule has 0 aromatic rings. The van der Waals surface area contributed by atoms with Crippen molar-refractivity contribution in [2.75, 3.05) is 19.8 Å². The van der Waals surface area contributed by atoms with Crippen molar-refractivity contribution < 1.29 is 47.6 Å². The third-order valence-electron chi connectivity index (χ3n) is 3.48. The van der Waals surface area contributed by atoms with Crippen LogP contribution < -0.4 is 0 Å². The van der Waals surface area contributed by atoms with Crippen LogP contribution >= 0.6 is 0 Å². The average Bonchev–Trinajstić information content (AvgIpc) is 2.60. The Bertz CT molecular complexity index is 663. The molecule has 13 nitrogen and oxygen atoms in total. The molecule has 0 spiro atoms. The molecule has 1 aliphatic heterocycles. The maximum atomic E-state index is 11.6. The van der Waals surface area contributed by atoms with Crippen LogP contribution in [-0.2, 0) is 47.6 Å². The van der Waals surface area contributed by atoms with Crippen LogP contribution in [0.3, 0.4) is 0 Å². The highest BCUT2D eigenvalue weighted by atomic mass is 16.7. The van der Waals surface area contributed by atoms with Gasteiger partial charge in [-0.25, -0.2) is 0 Å². The van der Waals surface area contributed by atoms with Gasteiger partial charge in [-0.3, -0.25) is 19.2 Å². The van der Waals surface area contributed by atoms with Gasteiger partial charge in [0, 0.05) is 39.2 Å². The Morgan fingerprint density at radius 3 is 1.97 bits per heavy atom. The lowest BCUT2D eigenvalue weighted by molar-refractivity contribution is -0.307. The molecule has 1 heterocycles. The molecule has 0 N–H and O–H groups in total. The van der Waals surface area contributed by atoms with Gasteiger partial charge in [0.1, 0.15) is 12.7 Å². The van der Waals surface area contributed by atoms with Crippen molar-refractivity contribution in [2.45, 2.75) is 58.4 Å². The van der Waals surface area contributed by atoms with Gasteiger partial charge in [-0.05, 0) is 5.53 Å². The zero-order valence-corrected chi connectivity index (χ0v) is 16.4. The highest BCUT2D eigenvalue weighted by molar-refractivity contribution is 5.68. The highest BCUT2D eigenvalue weighted by Crippen LogP contribution is 2.29. The first-order valence-electron chi connectivity index (χ1n) is 8.58. The number of hydrogen-bond donors (Lipinski definition) is 0. The Balaban J connectivity index is 3.22. The predicted octanol–water partition coefficient (Wildman–Crippen LogP) is 0.396. The third-order valence-corrected chi connectivity index (χ3v) is 3.48. The maximum absolute atomic E-state index is 11.6. The average molecular weight is 417 g/mol. The molecule has 162 valence electrons. The largest absolute Gasteiger partial charge is 0.463 e. The van der Waals surface area contributed by atoms with Crippen LogP contribution in [0.2, 0.25) is 0 Å². The smallest absolute Gasteiger partial charge is 0.303 e. The minimum atomic E-state index is -1.31. The van der Waals surface area contributed by atoms with Crippen molar-refractivity contribution >= 4 is 23.9 Å². The van der Waals surface area contributed by atoms with Crippen molar-refractivity contribution in [3.63, 3.8) is 0 Å². The monoisotopic (exact) mass is 417 g/mol. The Morgan fingerprint density at radius 1 is 0.897 bits per heavy atom. The van der Waals surface area contributed by atoms with E-state index in [0.29, 0.717) is 0 Å². The third kappa shape index (κ3) is 8.34. The van der Waals surface area contributed by atoms with E-state index >= 15 is 0 Å². The molecular formula is C16H23N3O10. The first kappa shape index (κ1) is 24.1. The minimum Gasteiger partial charge on any atom is -0.463 e. The maximum Gasteiger partial charge on any atom is 0.303 e. The molecule has 13 heteroatoms. The van der Waals surface area contributed by atoms with Crippen LogP contribution in [0.5, 0.6) is 0 Å². The molecule has 0 radical (unpaired) electrons. The molecule has 1 fully saturated rings. The summed E-state index contributed by atoms with van der Waals surface area (Å²) in [6, 6.07) is 0. The van der Waals surface area contributed by atoms with Crippen molar-refractivity contribution in [3.8, 4) is 0 Å². The number of carbonyl (C=O) groups excluding carboxylic acids is 4. The van der Waals surface area contributed by atoms with Crippen LogP contribution in [0.15, 0.2) is 5.11 Å². The van der Waals surface area contributed by atoms with Crippen molar-refractivity contribution in [3.05, 3.63) is 10.4 Å². The lowest BCUT2D eigenvalue weighted by Gasteiger charge is -2.44. The quantitative estimate of drug-likeness (QED) is 0.128. The van der Waals surface area contributed by atoms with E-state index in [9.17, 15) is 19.2 Å². The van der Waals surface area contributed by atoms with Crippen LogP contribution in [0, 0.1) is 0 Å². The molecule has 0 aromatic carbocycles. The summed E-state index contributed by atoms with van der Waals surface area (Å²) in [5.41, 5.74) is 8.35. The van der Waals surface area contributed by atoms with E-state index < -0.39 is 54.6 Å². The zero-order valence-electron chi connectivity index (χ0n) is 16.4. The van der Waals surface area contributed by atoms with Gasteiger partial charge in [0.15, 0.2) is 24.6 Å². The van der Waals surface area contributed by atoms with Gasteiger partial charge in [0.2, 0.25) is 0 Å². The van der Waals surface area contributed by atoms with Gasteiger partial charge in [0.25, 0.3) is 0 Å². The van der Waals surface area contributed by atoms with E-state index in [1.165, 1.54) is 6.92 Å². The number of ether oxygens (including phenoxy) is 6. The van der Waals surface area contributed by atoms with Gasteiger partial charge in [-0.15, -0.1) is 0 Å². The number of carbonyl (C=O) groups is 4. The molecule has 0 saturated carbocycles. The molecular weight excluding hydrogens is 394 g/mol. The minimum absolute atomic E-state index is 0.0522. The lowest BCUT2D eigenvalue weighted by atomic mass is 9.98. The van der Waals surface area contributed by atoms with Gasteiger partial charge < -0.3 is 28.4 Å². The summed E-state index contributed by atoms with van der Waals surface area (Å²) >= 11 is 0. The number of hydrogen-bond acceptors (Lipinski definition) is 11. The number of rotatable bonds is 9. The molecule has 0 bridgehead atoms. The van der Waals surface area contributed by atoms with E-state index in [-0.39, 0.29) is 19.8 Å². The summed E-state index contributed by atoms with van der Waals surface area (Å²) in [6.07, 6.45) is -6.25. The molecule has 29 heavy (non-hydrogen) atoms. The fourth-order valence-corrected chi connectivity index (χ4v) is 2.58. The summed E-state index contributed by atoms with van der Waals surface area (Å²) in [6.45, 7) is 4.01. The Morgan fingerprint density at radius 2 is 1.45 bits per heavy atom. The fraction of sp³-hybridized carbons (Fsp3) is 0.750. The predicted molar refractivity (Wildman–Crippen MR) is 91.9 cm³/mol. The fourth-order valence-electron chi connectivity index (χ4n) is 2.58. The first-order valence-corrected chi connectivity index (χ1v) is 8.58. The van der Waals surface area contributed by atoms with Crippen molar-refractivity contribution in [2.24, 2.45) is 5.11 Å². The summed E-state index contributed by atoms with van der Waals surface area (Å²) in [7, 11) is 0. The van der Waals surface area contributed by atoms with Crippen LogP contribution in [-0.4, -0.2) is 74.3 Å². The van der Waals surface area contributed by atoms with Crippen LogP contribution in [0.4, 0.5) is 0 Å². The van der Waals surface area contributed by atoms with Gasteiger partial charge in [0.05, 0.1) is 6.61 Å². The Labute approximate surface area is 166 Å². The van der Waals surface area contributed by atoms with Crippen LogP contribution in [0.1, 0.15) is 27.7 Å². The van der Waals surface area contributed by atoms with Gasteiger partial charge >= 0.3 is 23.9 Å². The first-order chi connectivity index (χ1) is 13.6. The zero-order chi connectivity index (χ0) is 22.0. The topological polar surface area (TPSA) is 172 Å². The van der Waals surface area contributed by atoms with Gasteiger partial charge in [-0.2, -0.15) is 0 Å². The van der Waals surface area contributed by atoms with E-state index in [2.05, 4.69) is 10.0 Å². The normalized spacial score (nSPS) is 25.9. The standard InChI is InChI=1S/C16H23N3O10/c1-8(20)25-7-12-13(26-9(2)21)14(27-10(3)22)15(28-11(4)23)16(29-12)24-6-5-18-19-17/h12-16H,5-7H2,1-4H3/t12?,13-,14+,15?,16-/m1/s1. The van der Waals surface area contributed by atoms with Crippen molar-refractivity contribution in [1.29, 1.82) is 0 Å². The van der Waals surface area contributed by atoms with Crippen molar-refractivity contribution in [1.82, 2.24) is 0 Å². The van der Waals surface area contributed by atoms with E-state index in [1.54, 1.807) is 0 Å². The number of nitrogens with zero attached hydrogens (tertiary/aromatic N) is 3. The SMILES string of the molecule is CC(=O)OCC1O[C@@H](OCCN=[N+]=[N-])C(OC(C)=O)[C@@H](OC(C)=O)[C@@H]1OC(C)=O. The molecule has 2 unspecified atom stereocenters. The van der Waals surface area contributed by atoms with E-state index in [4.69, 9.17) is 34.0 Å². The number of esters is 4. The number of azide groups is 1. The Hall–Kier alpha value is -2.89. The Kier molecular flexibility index (Phi) is 9.86. The lowest BCUT2D eigenvalue weighted by Crippen LogP contribution is -2.63. The molecule has 1 saturated heterocycles. The molecule has 0 aromatic heterocycles. The molecule has 5 atom stereocenters. The second-order valence-electron chi connectivity index (χ2n) is 5.89. The van der Waals surface area contributed by atoms with E-state index in [0.717, 1.165) is 20.8 Å². The second-order valence-corrected chi connectivity index (χ2v) is 5.89. The molecule has 1 aliphatic rings. The molecule has 0 aliphatic carbocycles. The van der Waals surface area contributed by atoms with Crippen LogP contribution in [0.25, 0.3) is 10.4 Å². The highest BCUT2D eigenvalue weighted by Gasteiger charge is 2.52. The summed E-state index contributed by atoms with van der Waals surface area (Å²) < 4.78 is 31.7. The summed E-state index contributed by atoms with van der Waals surface area (Å²) in [5.74, 6) is -2.83. The summed E-state index contributed by atoms with van der Waals surface area (Å²) in [4.78, 5) is 48.5. The summed E-state index contributed by atoms with van der Waals surface area (Å²) in [5, 5.41) is 3.31.